The molecule has 1 amide bonds. The Labute approximate surface area is 146 Å². The van der Waals surface area contributed by atoms with Crippen LogP contribution in [0, 0.1) is 17.2 Å². The van der Waals surface area contributed by atoms with E-state index in [-0.39, 0.29) is 16.2 Å². The first-order valence-electron chi connectivity index (χ1n) is 7.75. The first-order valence-corrected chi connectivity index (χ1v) is 7.75. The Morgan fingerprint density at radius 2 is 2.08 bits per heavy atom. The van der Waals surface area contributed by atoms with Gasteiger partial charge in [-0.05, 0) is 36.3 Å². The number of fused-ring (bicyclic) bond motifs is 1. The lowest BCUT2D eigenvalue weighted by molar-refractivity contribution is -0.184. The normalized spacial score (nSPS) is 25.3. The van der Waals surface area contributed by atoms with Crippen molar-refractivity contribution in [2.45, 2.75) is 24.6 Å². The molecule has 0 radical (unpaired) electrons. The Kier molecular flexibility index (Phi) is 4.32. The van der Waals surface area contributed by atoms with E-state index >= 15 is 0 Å². The van der Waals surface area contributed by atoms with Crippen LogP contribution in [-0.2, 0) is 4.79 Å². The second-order valence-electron chi connectivity index (χ2n) is 6.12. The first-order chi connectivity index (χ1) is 12.2. The summed E-state index contributed by atoms with van der Waals surface area (Å²) in [4.78, 5) is 24.2. The van der Waals surface area contributed by atoms with Crippen LogP contribution in [0.2, 0.25) is 0 Å². The van der Waals surface area contributed by atoms with Crippen molar-refractivity contribution in [3.63, 3.8) is 0 Å². The third-order valence-corrected chi connectivity index (χ3v) is 4.65. The predicted molar refractivity (Wildman–Crippen MR) is 83.9 cm³/mol. The lowest BCUT2D eigenvalue weighted by Crippen LogP contribution is -2.55. The number of carbonyl (C=O) groups excluding carboxylic acids is 1. The molecule has 1 N–H and O–H groups in total. The Balaban J connectivity index is 2.15. The van der Waals surface area contributed by atoms with Gasteiger partial charge in [0.05, 0.1) is 17.6 Å². The summed E-state index contributed by atoms with van der Waals surface area (Å²) in [5.74, 6) is -2.38. The van der Waals surface area contributed by atoms with E-state index in [1.165, 1.54) is 36.4 Å². The number of likely N-dealkylation sites (tertiary alicyclic amines) is 1. The number of carbonyl (C=O) groups is 2. The van der Waals surface area contributed by atoms with Gasteiger partial charge in [-0.3, -0.25) is 9.69 Å². The molecule has 1 aromatic rings. The number of nitriles is 1. The number of carboxylic acid groups (broad SMARTS) is 1. The third-order valence-electron chi connectivity index (χ3n) is 4.65. The number of alkyl halides is 3. The molecule has 1 aliphatic carbocycles. The zero-order valence-electron chi connectivity index (χ0n) is 13.3. The summed E-state index contributed by atoms with van der Waals surface area (Å²) in [5, 5.41) is 18.4. The van der Waals surface area contributed by atoms with Crippen molar-refractivity contribution < 1.29 is 27.9 Å². The molecule has 3 rings (SSSR count). The van der Waals surface area contributed by atoms with E-state index < -0.39 is 42.4 Å². The molecule has 1 heterocycles. The highest BCUT2D eigenvalue weighted by molar-refractivity contribution is 5.97. The van der Waals surface area contributed by atoms with Crippen LogP contribution in [0.15, 0.2) is 48.2 Å². The van der Waals surface area contributed by atoms with Crippen molar-refractivity contribution in [1.82, 2.24) is 4.90 Å². The average molecular weight is 362 g/mol. The quantitative estimate of drug-likeness (QED) is 0.828. The van der Waals surface area contributed by atoms with Gasteiger partial charge in [0.25, 0.3) is 0 Å². The van der Waals surface area contributed by atoms with Gasteiger partial charge in [0.15, 0.2) is 5.78 Å². The van der Waals surface area contributed by atoms with Gasteiger partial charge in [0, 0.05) is 11.6 Å². The first kappa shape index (κ1) is 17.7. The highest BCUT2D eigenvalue weighted by Crippen LogP contribution is 2.47. The lowest BCUT2D eigenvalue weighted by Gasteiger charge is -2.45. The van der Waals surface area contributed by atoms with Gasteiger partial charge in [0.1, 0.15) is 6.04 Å². The zero-order valence-corrected chi connectivity index (χ0v) is 13.3. The van der Waals surface area contributed by atoms with Crippen molar-refractivity contribution in [2.75, 3.05) is 0 Å². The summed E-state index contributed by atoms with van der Waals surface area (Å²) < 4.78 is 40.7. The molecular formula is C18H13F3N2O3. The molecule has 1 aliphatic heterocycles. The molecule has 0 bridgehead atoms. The fraction of sp³-hybridized carbons (Fsp3) is 0.278. The number of halogens is 3. The van der Waals surface area contributed by atoms with Crippen molar-refractivity contribution in [1.29, 1.82) is 5.26 Å². The van der Waals surface area contributed by atoms with E-state index in [2.05, 4.69) is 0 Å². The van der Waals surface area contributed by atoms with Crippen molar-refractivity contribution in [3.05, 3.63) is 59.3 Å². The highest BCUT2D eigenvalue weighted by Gasteiger charge is 2.55. The Hall–Kier alpha value is -3.08. The molecule has 0 saturated carbocycles. The largest absolute Gasteiger partial charge is 0.465 e. The zero-order chi connectivity index (χ0) is 19.1. The minimum Gasteiger partial charge on any atom is -0.465 e. The van der Waals surface area contributed by atoms with Gasteiger partial charge in [-0.2, -0.15) is 18.4 Å². The fourth-order valence-corrected chi connectivity index (χ4v) is 3.58. The lowest BCUT2D eigenvalue weighted by atomic mass is 9.72. The van der Waals surface area contributed by atoms with E-state index in [0.29, 0.717) is 5.56 Å². The number of ketones is 1. The van der Waals surface area contributed by atoms with Crippen LogP contribution in [0.5, 0.6) is 0 Å². The van der Waals surface area contributed by atoms with E-state index in [1.807, 2.05) is 6.07 Å². The maximum atomic E-state index is 13.6. The van der Waals surface area contributed by atoms with E-state index in [9.17, 15) is 27.9 Å². The Bertz CT molecular complexity index is 867. The SMILES string of the molecule is N#Cc1cccc(C2CC(C(F)(F)F)N(C(=O)O)C3=CC=CC(=O)C32)c1. The standard InChI is InChI=1S/C18H13F3N2O3/c19-18(20,21)15-8-12(11-4-1-3-10(7-11)9-22)16-13(23(15)17(25)26)5-2-6-14(16)24/h1-7,12,15-16H,8H2,(H,25,26). The summed E-state index contributed by atoms with van der Waals surface area (Å²) >= 11 is 0. The van der Waals surface area contributed by atoms with Crippen molar-refractivity contribution in [2.24, 2.45) is 5.92 Å². The van der Waals surface area contributed by atoms with Gasteiger partial charge in [-0.1, -0.05) is 18.2 Å². The van der Waals surface area contributed by atoms with Gasteiger partial charge < -0.3 is 5.11 Å². The maximum Gasteiger partial charge on any atom is 0.412 e. The molecule has 134 valence electrons. The van der Waals surface area contributed by atoms with Crippen LogP contribution in [0.25, 0.3) is 0 Å². The average Bonchev–Trinajstić information content (AvgIpc) is 2.59. The van der Waals surface area contributed by atoms with E-state index in [0.717, 1.165) is 0 Å². The van der Waals surface area contributed by atoms with Crippen molar-refractivity contribution in [3.8, 4) is 6.07 Å². The van der Waals surface area contributed by atoms with Crippen LogP contribution in [0.3, 0.4) is 0 Å². The van der Waals surface area contributed by atoms with Crippen LogP contribution in [0.1, 0.15) is 23.5 Å². The Morgan fingerprint density at radius 3 is 2.69 bits per heavy atom. The number of piperidine rings is 1. The van der Waals surface area contributed by atoms with Gasteiger partial charge in [-0.15, -0.1) is 0 Å². The molecule has 2 aliphatic rings. The second kappa shape index (κ2) is 6.33. The Morgan fingerprint density at radius 1 is 1.35 bits per heavy atom. The van der Waals surface area contributed by atoms with Crippen LogP contribution in [0.4, 0.5) is 18.0 Å². The molecular weight excluding hydrogens is 349 g/mol. The summed E-state index contributed by atoms with van der Waals surface area (Å²) in [5.41, 5.74) is 0.477. The van der Waals surface area contributed by atoms with E-state index in [4.69, 9.17) is 5.26 Å². The fourth-order valence-electron chi connectivity index (χ4n) is 3.58. The third kappa shape index (κ3) is 2.96. The number of hydrogen-bond donors (Lipinski definition) is 1. The van der Waals surface area contributed by atoms with Gasteiger partial charge >= 0.3 is 12.3 Å². The van der Waals surface area contributed by atoms with Crippen LogP contribution in [-0.4, -0.2) is 34.1 Å². The van der Waals surface area contributed by atoms with Crippen LogP contribution < -0.4 is 0 Å². The van der Waals surface area contributed by atoms with Gasteiger partial charge in [-0.25, -0.2) is 4.79 Å². The molecule has 0 spiro atoms. The minimum absolute atomic E-state index is 0.189. The van der Waals surface area contributed by atoms with Crippen LogP contribution >= 0.6 is 0 Å². The molecule has 1 aromatic carbocycles. The summed E-state index contributed by atoms with van der Waals surface area (Å²) in [6.45, 7) is 0. The molecule has 1 saturated heterocycles. The molecule has 0 aromatic heterocycles. The summed E-state index contributed by atoms with van der Waals surface area (Å²) in [6.07, 6.45) is -3.42. The molecule has 26 heavy (non-hydrogen) atoms. The number of allylic oxidation sites excluding steroid dienone is 4. The summed E-state index contributed by atoms with van der Waals surface area (Å²) in [7, 11) is 0. The molecule has 3 unspecified atom stereocenters. The monoisotopic (exact) mass is 362 g/mol. The van der Waals surface area contributed by atoms with Crippen molar-refractivity contribution >= 4 is 11.9 Å². The minimum atomic E-state index is -4.79. The van der Waals surface area contributed by atoms with E-state index in [1.54, 1.807) is 6.07 Å². The topological polar surface area (TPSA) is 81.4 Å². The summed E-state index contributed by atoms with van der Waals surface area (Å²) in [6, 6.07) is 5.69. The number of nitrogens with zero attached hydrogens (tertiary/aromatic N) is 2. The maximum absolute atomic E-state index is 13.6. The second-order valence-corrected chi connectivity index (χ2v) is 6.12. The molecule has 1 fully saturated rings. The predicted octanol–water partition coefficient (Wildman–Crippen LogP) is 3.60. The number of benzene rings is 1. The highest BCUT2D eigenvalue weighted by atomic mass is 19.4. The molecule has 8 heteroatoms. The number of rotatable bonds is 1. The smallest absolute Gasteiger partial charge is 0.412 e. The molecule has 5 nitrogen and oxygen atoms in total. The molecule has 3 atom stereocenters. The number of hydrogen-bond acceptors (Lipinski definition) is 3. The van der Waals surface area contributed by atoms with Gasteiger partial charge in [0.2, 0.25) is 0 Å². The number of amides is 1.